The highest BCUT2D eigenvalue weighted by Gasteiger charge is 2.21. The fourth-order valence-electron chi connectivity index (χ4n) is 2.28. The van der Waals surface area contributed by atoms with Crippen LogP contribution in [0.5, 0.6) is 0 Å². The Morgan fingerprint density at radius 2 is 2.05 bits per heavy atom. The lowest BCUT2D eigenvalue weighted by Gasteiger charge is -2.30. The molecule has 0 bridgehead atoms. The van der Waals surface area contributed by atoms with E-state index in [1.165, 1.54) is 0 Å². The number of carboxylic acid groups (broad SMARTS) is 1. The third-order valence-corrected chi connectivity index (χ3v) is 3.31. The summed E-state index contributed by atoms with van der Waals surface area (Å²) in [6.07, 6.45) is 1.86. The number of hydrogen-bond donors (Lipinski definition) is 3. The Labute approximate surface area is 117 Å². The second-order valence-electron chi connectivity index (χ2n) is 5.05. The van der Waals surface area contributed by atoms with Crippen molar-refractivity contribution < 1.29 is 14.7 Å². The average molecular weight is 277 g/mol. The fourth-order valence-corrected chi connectivity index (χ4v) is 2.28. The van der Waals surface area contributed by atoms with Crippen LogP contribution in [0.25, 0.3) is 0 Å². The largest absolute Gasteiger partial charge is 0.481 e. The van der Waals surface area contributed by atoms with Gasteiger partial charge in [0, 0.05) is 24.8 Å². The number of aliphatic carboxylic acids is 1. The van der Waals surface area contributed by atoms with Gasteiger partial charge in [0.1, 0.15) is 0 Å². The number of carbonyl (C=O) groups is 2. The van der Waals surface area contributed by atoms with Gasteiger partial charge >= 0.3 is 12.0 Å². The van der Waals surface area contributed by atoms with Gasteiger partial charge in [-0.1, -0.05) is 12.1 Å². The van der Waals surface area contributed by atoms with Crippen LogP contribution in [-0.4, -0.2) is 41.1 Å². The van der Waals surface area contributed by atoms with E-state index in [0.29, 0.717) is 17.8 Å². The highest BCUT2D eigenvalue weighted by atomic mass is 16.4. The van der Waals surface area contributed by atoms with Gasteiger partial charge in [-0.2, -0.15) is 0 Å². The van der Waals surface area contributed by atoms with Gasteiger partial charge in [-0.15, -0.1) is 0 Å². The molecule has 1 unspecified atom stereocenters. The van der Waals surface area contributed by atoms with Crippen molar-refractivity contribution in [2.24, 2.45) is 5.73 Å². The van der Waals surface area contributed by atoms with E-state index < -0.39 is 5.97 Å². The van der Waals surface area contributed by atoms with Crippen molar-refractivity contribution in [2.45, 2.75) is 25.3 Å². The highest BCUT2D eigenvalue weighted by Crippen LogP contribution is 2.13. The number of nitrogens with zero attached hydrogens (tertiary/aromatic N) is 1. The topological polar surface area (TPSA) is 95.7 Å². The first-order valence-electron chi connectivity index (χ1n) is 6.67. The van der Waals surface area contributed by atoms with Crippen molar-refractivity contribution >= 4 is 17.7 Å². The van der Waals surface area contributed by atoms with Gasteiger partial charge in [0.15, 0.2) is 0 Å². The Morgan fingerprint density at radius 1 is 1.35 bits per heavy atom. The van der Waals surface area contributed by atoms with E-state index in [2.05, 4.69) is 5.32 Å². The minimum atomic E-state index is -0.871. The fraction of sp³-hybridized carbons (Fsp3) is 0.429. The lowest BCUT2D eigenvalue weighted by molar-refractivity contribution is -0.136. The zero-order valence-corrected chi connectivity index (χ0v) is 11.2. The zero-order chi connectivity index (χ0) is 14.5. The number of carbonyl (C=O) groups excluding carboxylic acids is 1. The van der Waals surface area contributed by atoms with Crippen LogP contribution in [0.4, 0.5) is 10.5 Å². The SMILES string of the molecule is NC1CCCN(C(=O)Nc2ccc(CC(=O)O)cc2)C1. The lowest BCUT2D eigenvalue weighted by Crippen LogP contribution is -2.47. The third-order valence-electron chi connectivity index (χ3n) is 3.31. The first-order chi connectivity index (χ1) is 9.54. The molecule has 0 spiro atoms. The predicted octanol–water partition coefficient (Wildman–Crippen LogP) is 1.27. The number of likely N-dealkylation sites (tertiary alicyclic amines) is 1. The Hall–Kier alpha value is -2.08. The van der Waals surface area contributed by atoms with Crippen molar-refractivity contribution in [3.63, 3.8) is 0 Å². The van der Waals surface area contributed by atoms with Gasteiger partial charge < -0.3 is 21.1 Å². The summed E-state index contributed by atoms with van der Waals surface area (Å²) >= 11 is 0. The number of nitrogens with one attached hydrogen (secondary N) is 1. The molecule has 108 valence electrons. The summed E-state index contributed by atoms with van der Waals surface area (Å²) in [5, 5.41) is 11.5. The number of benzene rings is 1. The van der Waals surface area contributed by atoms with Crippen molar-refractivity contribution in [2.75, 3.05) is 18.4 Å². The average Bonchev–Trinajstić information content (AvgIpc) is 2.40. The highest BCUT2D eigenvalue weighted by molar-refractivity contribution is 5.89. The van der Waals surface area contributed by atoms with Crippen molar-refractivity contribution in [3.05, 3.63) is 29.8 Å². The molecule has 0 saturated carbocycles. The molecule has 1 aliphatic heterocycles. The molecule has 1 saturated heterocycles. The van der Waals surface area contributed by atoms with E-state index in [9.17, 15) is 9.59 Å². The molecule has 1 atom stereocenters. The molecule has 1 fully saturated rings. The first kappa shape index (κ1) is 14.3. The molecule has 4 N–H and O–H groups in total. The van der Waals surface area contributed by atoms with Crippen molar-refractivity contribution in [1.29, 1.82) is 0 Å². The Balaban J connectivity index is 1.92. The maximum absolute atomic E-state index is 12.0. The summed E-state index contributed by atoms with van der Waals surface area (Å²) in [7, 11) is 0. The smallest absolute Gasteiger partial charge is 0.321 e. The Kier molecular flexibility index (Phi) is 4.57. The van der Waals surface area contributed by atoms with Crippen LogP contribution >= 0.6 is 0 Å². The van der Waals surface area contributed by atoms with E-state index in [0.717, 1.165) is 19.4 Å². The maximum Gasteiger partial charge on any atom is 0.321 e. The number of carboxylic acids is 1. The van der Waals surface area contributed by atoms with Crippen LogP contribution in [0.15, 0.2) is 24.3 Å². The summed E-state index contributed by atoms with van der Waals surface area (Å²) in [4.78, 5) is 24.3. The third kappa shape index (κ3) is 3.96. The summed E-state index contributed by atoms with van der Waals surface area (Å²) in [6.45, 7) is 1.29. The van der Waals surface area contributed by atoms with E-state index >= 15 is 0 Å². The zero-order valence-electron chi connectivity index (χ0n) is 11.2. The van der Waals surface area contributed by atoms with Crippen LogP contribution in [-0.2, 0) is 11.2 Å². The number of hydrogen-bond acceptors (Lipinski definition) is 3. The molecular weight excluding hydrogens is 258 g/mol. The standard InChI is InChI=1S/C14H19N3O3/c15-11-2-1-7-17(9-11)14(20)16-12-5-3-10(4-6-12)8-13(18)19/h3-6,11H,1-2,7-9,15H2,(H,16,20)(H,18,19). The van der Waals surface area contributed by atoms with Gasteiger partial charge in [0.05, 0.1) is 6.42 Å². The summed E-state index contributed by atoms with van der Waals surface area (Å²) in [6, 6.07) is 6.70. The first-order valence-corrected chi connectivity index (χ1v) is 6.67. The van der Waals surface area contributed by atoms with Gasteiger partial charge in [-0.25, -0.2) is 4.79 Å². The second-order valence-corrected chi connectivity index (χ2v) is 5.05. The number of urea groups is 1. The lowest BCUT2D eigenvalue weighted by atomic mass is 10.1. The van der Waals surface area contributed by atoms with E-state index in [4.69, 9.17) is 10.8 Å². The van der Waals surface area contributed by atoms with Crippen molar-refractivity contribution in [3.8, 4) is 0 Å². The number of nitrogens with two attached hydrogens (primary N) is 1. The molecule has 1 aromatic rings. The molecule has 2 amide bonds. The van der Waals surface area contributed by atoms with Crippen LogP contribution in [0, 0.1) is 0 Å². The van der Waals surface area contributed by atoms with E-state index in [1.54, 1.807) is 29.2 Å². The predicted molar refractivity (Wildman–Crippen MR) is 75.6 cm³/mol. The molecule has 6 heteroatoms. The van der Waals surface area contributed by atoms with E-state index in [1.807, 2.05) is 0 Å². The normalized spacial score (nSPS) is 18.6. The Bertz CT molecular complexity index is 487. The molecular formula is C14H19N3O3. The van der Waals surface area contributed by atoms with Crippen LogP contribution in [0.3, 0.4) is 0 Å². The van der Waals surface area contributed by atoms with Crippen molar-refractivity contribution in [1.82, 2.24) is 4.90 Å². The Morgan fingerprint density at radius 3 is 2.65 bits per heavy atom. The van der Waals surface area contributed by atoms with Gasteiger partial charge in [-0.3, -0.25) is 4.79 Å². The van der Waals surface area contributed by atoms with Crippen LogP contribution in [0.1, 0.15) is 18.4 Å². The maximum atomic E-state index is 12.0. The molecule has 0 aromatic heterocycles. The molecule has 0 aliphatic carbocycles. The monoisotopic (exact) mass is 277 g/mol. The van der Waals surface area contributed by atoms with Gasteiger partial charge in [-0.05, 0) is 30.5 Å². The molecule has 0 radical (unpaired) electrons. The van der Waals surface area contributed by atoms with E-state index in [-0.39, 0.29) is 18.5 Å². The molecule has 6 nitrogen and oxygen atoms in total. The quantitative estimate of drug-likeness (QED) is 0.775. The molecule has 1 aromatic carbocycles. The minimum absolute atomic E-state index is 0.0186. The molecule has 1 heterocycles. The minimum Gasteiger partial charge on any atom is -0.481 e. The molecule has 20 heavy (non-hydrogen) atoms. The summed E-state index contributed by atoms with van der Waals surface area (Å²) < 4.78 is 0. The molecule has 1 aliphatic rings. The van der Waals surface area contributed by atoms with Gasteiger partial charge in [0.2, 0.25) is 0 Å². The number of amides is 2. The summed E-state index contributed by atoms with van der Waals surface area (Å²) in [5.74, 6) is -0.871. The second kappa shape index (κ2) is 6.38. The number of anilines is 1. The number of rotatable bonds is 3. The summed E-state index contributed by atoms with van der Waals surface area (Å²) in [5.41, 5.74) is 7.21. The van der Waals surface area contributed by atoms with Crippen LogP contribution < -0.4 is 11.1 Å². The molecule has 2 rings (SSSR count). The number of piperidine rings is 1. The van der Waals surface area contributed by atoms with Gasteiger partial charge in [0.25, 0.3) is 0 Å². The van der Waals surface area contributed by atoms with Crippen LogP contribution in [0.2, 0.25) is 0 Å².